The molecule has 0 saturated heterocycles. The standard InChI is InChI=1S/C11H11NO3/c1-15-11(14)9-4-5-10(12)8(7-9)3-2-6-13/h2-7H,12H2,1H3. The highest BCUT2D eigenvalue weighted by atomic mass is 16.5. The number of carbonyl (C=O) groups excluding carboxylic acids is 2. The summed E-state index contributed by atoms with van der Waals surface area (Å²) in [5.74, 6) is -0.434. The molecule has 0 spiro atoms. The van der Waals surface area contributed by atoms with Gasteiger partial charge in [0.15, 0.2) is 0 Å². The third kappa shape index (κ3) is 2.67. The van der Waals surface area contributed by atoms with Crippen LogP contribution in [0.2, 0.25) is 0 Å². The number of hydrogen-bond donors (Lipinski definition) is 1. The van der Waals surface area contributed by atoms with Crippen molar-refractivity contribution >= 4 is 24.0 Å². The van der Waals surface area contributed by atoms with E-state index in [0.29, 0.717) is 23.1 Å². The Balaban J connectivity index is 3.10. The normalized spacial score (nSPS) is 10.2. The Hall–Kier alpha value is -2.10. The Morgan fingerprint density at radius 3 is 2.80 bits per heavy atom. The maximum Gasteiger partial charge on any atom is 0.337 e. The van der Waals surface area contributed by atoms with Gasteiger partial charge in [-0.05, 0) is 35.9 Å². The van der Waals surface area contributed by atoms with Crippen LogP contribution < -0.4 is 5.73 Å². The summed E-state index contributed by atoms with van der Waals surface area (Å²) < 4.78 is 4.56. The molecule has 1 aromatic rings. The molecule has 0 fully saturated rings. The van der Waals surface area contributed by atoms with Crippen LogP contribution in [0.3, 0.4) is 0 Å². The zero-order valence-corrected chi connectivity index (χ0v) is 8.27. The van der Waals surface area contributed by atoms with Crippen LogP contribution in [0.5, 0.6) is 0 Å². The molecule has 2 N–H and O–H groups in total. The van der Waals surface area contributed by atoms with Gasteiger partial charge in [-0.15, -0.1) is 0 Å². The van der Waals surface area contributed by atoms with Crippen LogP contribution in [0.15, 0.2) is 24.3 Å². The van der Waals surface area contributed by atoms with Gasteiger partial charge >= 0.3 is 5.97 Å². The first kappa shape index (κ1) is 11.0. The molecule has 15 heavy (non-hydrogen) atoms. The van der Waals surface area contributed by atoms with Crippen molar-refractivity contribution in [1.29, 1.82) is 0 Å². The maximum atomic E-state index is 11.2. The van der Waals surface area contributed by atoms with Crippen LogP contribution in [-0.4, -0.2) is 19.4 Å². The number of anilines is 1. The lowest BCUT2D eigenvalue weighted by Gasteiger charge is -2.03. The molecule has 0 heterocycles. The fourth-order valence-corrected chi connectivity index (χ4v) is 1.11. The van der Waals surface area contributed by atoms with Crippen LogP contribution in [0.1, 0.15) is 15.9 Å². The second-order valence-electron chi connectivity index (χ2n) is 2.83. The maximum absolute atomic E-state index is 11.2. The van der Waals surface area contributed by atoms with Gasteiger partial charge in [0.1, 0.15) is 6.29 Å². The summed E-state index contributed by atoms with van der Waals surface area (Å²) in [7, 11) is 1.31. The third-order valence-corrected chi connectivity index (χ3v) is 1.86. The number of carbonyl (C=O) groups is 2. The summed E-state index contributed by atoms with van der Waals surface area (Å²) in [6, 6.07) is 4.73. The quantitative estimate of drug-likeness (QED) is 0.349. The van der Waals surface area contributed by atoms with E-state index in [4.69, 9.17) is 5.73 Å². The molecular formula is C11H11NO3. The number of nitrogens with two attached hydrogens (primary N) is 1. The number of ether oxygens (including phenoxy) is 1. The van der Waals surface area contributed by atoms with Crippen molar-refractivity contribution in [2.45, 2.75) is 0 Å². The van der Waals surface area contributed by atoms with Crippen LogP contribution in [-0.2, 0) is 9.53 Å². The van der Waals surface area contributed by atoms with Gasteiger partial charge in [-0.1, -0.05) is 0 Å². The van der Waals surface area contributed by atoms with E-state index in [2.05, 4.69) is 4.74 Å². The topological polar surface area (TPSA) is 69.4 Å². The molecule has 0 aliphatic rings. The molecule has 4 heteroatoms. The average molecular weight is 205 g/mol. The van der Waals surface area contributed by atoms with E-state index in [9.17, 15) is 9.59 Å². The van der Waals surface area contributed by atoms with Crippen molar-refractivity contribution in [3.8, 4) is 0 Å². The van der Waals surface area contributed by atoms with Gasteiger partial charge in [-0.25, -0.2) is 4.79 Å². The summed E-state index contributed by atoms with van der Waals surface area (Å²) in [4.78, 5) is 21.3. The molecule has 0 radical (unpaired) electrons. The monoisotopic (exact) mass is 205 g/mol. The summed E-state index contributed by atoms with van der Waals surface area (Å²) >= 11 is 0. The number of esters is 1. The predicted octanol–water partition coefficient (Wildman–Crippen LogP) is 1.27. The molecule has 0 aliphatic heterocycles. The van der Waals surface area contributed by atoms with Crippen molar-refractivity contribution in [3.63, 3.8) is 0 Å². The molecule has 0 atom stereocenters. The SMILES string of the molecule is COC(=O)c1ccc(N)c(C=CC=O)c1. The van der Waals surface area contributed by atoms with Gasteiger partial charge in [-0.2, -0.15) is 0 Å². The molecule has 78 valence electrons. The largest absolute Gasteiger partial charge is 0.465 e. The van der Waals surface area contributed by atoms with E-state index in [0.717, 1.165) is 0 Å². The van der Waals surface area contributed by atoms with Crippen molar-refractivity contribution in [3.05, 3.63) is 35.4 Å². The van der Waals surface area contributed by atoms with Crippen molar-refractivity contribution in [1.82, 2.24) is 0 Å². The lowest BCUT2D eigenvalue weighted by Crippen LogP contribution is -2.02. The van der Waals surface area contributed by atoms with Crippen LogP contribution >= 0.6 is 0 Å². The van der Waals surface area contributed by atoms with Crippen molar-refractivity contribution in [2.75, 3.05) is 12.8 Å². The molecule has 0 unspecified atom stereocenters. The summed E-state index contributed by atoms with van der Waals surface area (Å²) in [5.41, 5.74) is 7.17. The second-order valence-corrected chi connectivity index (χ2v) is 2.83. The van der Waals surface area contributed by atoms with Gasteiger partial charge in [0.2, 0.25) is 0 Å². The lowest BCUT2D eigenvalue weighted by atomic mass is 10.1. The molecule has 1 rings (SSSR count). The third-order valence-electron chi connectivity index (χ3n) is 1.86. The van der Waals surface area contributed by atoms with E-state index < -0.39 is 5.97 Å². The van der Waals surface area contributed by atoms with Gasteiger partial charge in [0.05, 0.1) is 12.7 Å². The van der Waals surface area contributed by atoms with Crippen LogP contribution in [0.4, 0.5) is 5.69 Å². The van der Waals surface area contributed by atoms with Gasteiger partial charge in [0.25, 0.3) is 0 Å². The van der Waals surface area contributed by atoms with Gasteiger partial charge in [0, 0.05) is 5.69 Å². The first-order valence-corrected chi connectivity index (χ1v) is 4.28. The first-order valence-electron chi connectivity index (χ1n) is 4.28. The van der Waals surface area contributed by atoms with Gasteiger partial charge in [-0.3, -0.25) is 4.79 Å². The van der Waals surface area contributed by atoms with Crippen LogP contribution in [0.25, 0.3) is 6.08 Å². The number of methoxy groups -OCH3 is 1. The summed E-state index contributed by atoms with van der Waals surface area (Å²) in [5, 5.41) is 0. The Morgan fingerprint density at radius 2 is 2.20 bits per heavy atom. The fourth-order valence-electron chi connectivity index (χ4n) is 1.11. The Morgan fingerprint density at radius 1 is 1.47 bits per heavy atom. The molecule has 0 aromatic heterocycles. The van der Waals surface area contributed by atoms with E-state index in [1.807, 2.05) is 0 Å². The Bertz CT molecular complexity index is 410. The smallest absolute Gasteiger partial charge is 0.337 e. The van der Waals surface area contributed by atoms with Crippen LogP contribution in [0, 0.1) is 0 Å². The van der Waals surface area contributed by atoms with E-state index in [-0.39, 0.29) is 0 Å². The van der Waals surface area contributed by atoms with E-state index in [1.165, 1.54) is 19.3 Å². The number of benzene rings is 1. The number of hydrogen-bond acceptors (Lipinski definition) is 4. The Labute approximate surface area is 87.3 Å². The molecule has 0 amide bonds. The number of nitrogen functional groups attached to an aromatic ring is 1. The summed E-state index contributed by atoms with van der Waals surface area (Å²) in [6.45, 7) is 0. The molecular weight excluding hydrogens is 194 g/mol. The fraction of sp³-hybridized carbons (Fsp3) is 0.0909. The highest BCUT2D eigenvalue weighted by Crippen LogP contribution is 2.16. The number of aldehydes is 1. The van der Waals surface area contributed by atoms with E-state index in [1.54, 1.807) is 18.2 Å². The molecule has 0 saturated carbocycles. The summed E-state index contributed by atoms with van der Waals surface area (Å²) in [6.07, 6.45) is 3.49. The molecule has 0 bridgehead atoms. The number of allylic oxidation sites excluding steroid dienone is 1. The predicted molar refractivity (Wildman–Crippen MR) is 57.3 cm³/mol. The van der Waals surface area contributed by atoms with Gasteiger partial charge < -0.3 is 10.5 Å². The zero-order chi connectivity index (χ0) is 11.3. The zero-order valence-electron chi connectivity index (χ0n) is 8.27. The van der Waals surface area contributed by atoms with Crippen molar-refractivity contribution < 1.29 is 14.3 Å². The molecule has 0 aliphatic carbocycles. The van der Waals surface area contributed by atoms with Crippen molar-refractivity contribution in [2.24, 2.45) is 0 Å². The second kappa shape index (κ2) is 4.95. The Kier molecular flexibility index (Phi) is 3.62. The highest BCUT2D eigenvalue weighted by Gasteiger charge is 2.06. The minimum absolute atomic E-state index is 0.400. The number of rotatable bonds is 3. The first-order chi connectivity index (χ1) is 7.19. The lowest BCUT2D eigenvalue weighted by molar-refractivity contribution is -0.104. The minimum Gasteiger partial charge on any atom is -0.465 e. The van der Waals surface area contributed by atoms with E-state index >= 15 is 0 Å². The average Bonchev–Trinajstić information content (AvgIpc) is 2.27. The minimum atomic E-state index is -0.434. The molecule has 4 nitrogen and oxygen atoms in total. The molecule has 1 aromatic carbocycles. The highest BCUT2D eigenvalue weighted by molar-refractivity contribution is 5.91.